The molecule has 0 atom stereocenters. The monoisotopic (exact) mass is 254 g/mol. The van der Waals surface area contributed by atoms with Crippen LogP contribution in [0.2, 0.25) is 0 Å². The van der Waals surface area contributed by atoms with Gasteiger partial charge < -0.3 is 10.2 Å². The second-order valence-corrected chi connectivity index (χ2v) is 4.05. The second-order valence-electron chi connectivity index (χ2n) is 4.05. The van der Waals surface area contributed by atoms with Gasteiger partial charge in [0.2, 0.25) is 5.91 Å². The molecule has 0 radical (unpaired) electrons. The number of carbonyl (C=O) groups is 2. The lowest BCUT2D eigenvalue weighted by atomic mass is 10.1. The van der Waals surface area contributed by atoms with Crippen LogP contribution in [0.4, 0.5) is 8.78 Å². The summed E-state index contributed by atoms with van der Waals surface area (Å²) in [6.45, 7) is 0.691. The first-order valence-electron chi connectivity index (χ1n) is 5.59. The Morgan fingerprint density at radius 2 is 2.11 bits per heavy atom. The van der Waals surface area contributed by atoms with Gasteiger partial charge in [0.1, 0.15) is 11.6 Å². The van der Waals surface area contributed by atoms with E-state index in [-0.39, 0.29) is 18.0 Å². The SMILES string of the molecule is O=C1CN(C(=O)c2cc(F)ccc2F)CCCN1. The topological polar surface area (TPSA) is 49.4 Å². The quantitative estimate of drug-likeness (QED) is 0.810. The van der Waals surface area contributed by atoms with Crippen LogP contribution in [-0.2, 0) is 4.79 Å². The van der Waals surface area contributed by atoms with Gasteiger partial charge in [0.05, 0.1) is 12.1 Å². The molecule has 1 saturated heterocycles. The van der Waals surface area contributed by atoms with E-state index in [0.717, 1.165) is 18.2 Å². The molecule has 0 saturated carbocycles. The normalized spacial score (nSPS) is 16.1. The lowest BCUT2D eigenvalue weighted by Gasteiger charge is -2.19. The molecule has 18 heavy (non-hydrogen) atoms. The number of benzene rings is 1. The molecule has 6 heteroatoms. The minimum Gasteiger partial charge on any atom is -0.354 e. The summed E-state index contributed by atoms with van der Waals surface area (Å²) in [4.78, 5) is 24.5. The molecule has 0 unspecified atom stereocenters. The van der Waals surface area contributed by atoms with E-state index in [1.807, 2.05) is 0 Å². The fourth-order valence-electron chi connectivity index (χ4n) is 1.81. The molecule has 0 spiro atoms. The van der Waals surface area contributed by atoms with Crippen molar-refractivity contribution in [2.75, 3.05) is 19.6 Å². The van der Waals surface area contributed by atoms with Crippen molar-refractivity contribution < 1.29 is 18.4 Å². The molecule has 1 heterocycles. The Kier molecular flexibility index (Phi) is 3.55. The fourth-order valence-corrected chi connectivity index (χ4v) is 1.81. The molecule has 96 valence electrons. The maximum Gasteiger partial charge on any atom is 0.257 e. The minimum absolute atomic E-state index is 0.130. The van der Waals surface area contributed by atoms with Crippen molar-refractivity contribution in [1.82, 2.24) is 10.2 Å². The number of nitrogens with one attached hydrogen (secondary N) is 1. The number of halogens is 2. The standard InChI is InChI=1S/C12H12F2N2O2/c13-8-2-3-10(14)9(6-8)12(18)16-5-1-4-15-11(17)7-16/h2-3,6H,1,4-5,7H2,(H,15,17). The molecule has 0 bridgehead atoms. The smallest absolute Gasteiger partial charge is 0.257 e. The van der Waals surface area contributed by atoms with Crippen LogP contribution in [0.15, 0.2) is 18.2 Å². The highest BCUT2D eigenvalue weighted by atomic mass is 19.1. The van der Waals surface area contributed by atoms with E-state index in [9.17, 15) is 18.4 Å². The first kappa shape index (κ1) is 12.5. The Morgan fingerprint density at radius 1 is 1.33 bits per heavy atom. The van der Waals surface area contributed by atoms with E-state index >= 15 is 0 Å². The van der Waals surface area contributed by atoms with Crippen molar-refractivity contribution in [3.63, 3.8) is 0 Å². The molecule has 1 fully saturated rings. The Morgan fingerprint density at radius 3 is 2.89 bits per heavy atom. The predicted molar refractivity (Wildman–Crippen MR) is 59.9 cm³/mol. The second kappa shape index (κ2) is 5.12. The summed E-state index contributed by atoms with van der Waals surface area (Å²) in [6.07, 6.45) is 0.592. The first-order chi connectivity index (χ1) is 8.58. The summed E-state index contributed by atoms with van der Waals surface area (Å²) in [5.41, 5.74) is -0.343. The van der Waals surface area contributed by atoms with Gasteiger partial charge in [-0.2, -0.15) is 0 Å². The number of carbonyl (C=O) groups excluding carboxylic acids is 2. The van der Waals surface area contributed by atoms with Crippen molar-refractivity contribution in [1.29, 1.82) is 0 Å². The van der Waals surface area contributed by atoms with Gasteiger partial charge in [-0.3, -0.25) is 9.59 Å². The third-order valence-corrected chi connectivity index (χ3v) is 2.71. The van der Waals surface area contributed by atoms with Gasteiger partial charge in [0.25, 0.3) is 5.91 Å². The van der Waals surface area contributed by atoms with Gasteiger partial charge in [0, 0.05) is 13.1 Å². The van der Waals surface area contributed by atoms with Gasteiger partial charge in [-0.05, 0) is 24.6 Å². The van der Waals surface area contributed by atoms with E-state index in [0.29, 0.717) is 19.5 Å². The number of amides is 2. The highest BCUT2D eigenvalue weighted by molar-refractivity contribution is 5.96. The molecule has 1 aromatic carbocycles. The third kappa shape index (κ3) is 2.64. The van der Waals surface area contributed by atoms with Gasteiger partial charge in [-0.25, -0.2) is 8.78 Å². The van der Waals surface area contributed by atoms with Crippen LogP contribution in [-0.4, -0.2) is 36.3 Å². The summed E-state index contributed by atoms with van der Waals surface area (Å²) < 4.78 is 26.5. The van der Waals surface area contributed by atoms with Crippen LogP contribution in [0.5, 0.6) is 0 Å². The van der Waals surface area contributed by atoms with Gasteiger partial charge >= 0.3 is 0 Å². The summed E-state index contributed by atoms with van der Waals surface area (Å²) in [6, 6.07) is 2.70. The Labute approximate surface area is 103 Å². The Hall–Kier alpha value is -1.98. The van der Waals surface area contributed by atoms with E-state index in [2.05, 4.69) is 5.32 Å². The summed E-state index contributed by atoms with van der Waals surface area (Å²) in [5, 5.41) is 2.61. The molecule has 2 rings (SSSR count). The van der Waals surface area contributed by atoms with Crippen molar-refractivity contribution >= 4 is 11.8 Å². The number of nitrogens with zero attached hydrogens (tertiary/aromatic N) is 1. The fraction of sp³-hybridized carbons (Fsp3) is 0.333. The molecule has 0 aliphatic carbocycles. The summed E-state index contributed by atoms with van der Waals surface area (Å²) in [5.74, 6) is -2.42. The third-order valence-electron chi connectivity index (χ3n) is 2.71. The molecule has 1 aliphatic rings. The van der Waals surface area contributed by atoms with E-state index in [1.165, 1.54) is 4.90 Å². The minimum atomic E-state index is -0.786. The molecule has 1 aromatic rings. The highest BCUT2D eigenvalue weighted by Crippen LogP contribution is 2.13. The van der Waals surface area contributed by atoms with E-state index < -0.39 is 17.5 Å². The van der Waals surface area contributed by atoms with Crippen LogP contribution in [0.25, 0.3) is 0 Å². The molecule has 2 amide bonds. The van der Waals surface area contributed by atoms with Crippen LogP contribution in [0.3, 0.4) is 0 Å². The summed E-state index contributed by atoms with van der Waals surface area (Å²) >= 11 is 0. The molecular weight excluding hydrogens is 242 g/mol. The number of hydrogen-bond donors (Lipinski definition) is 1. The van der Waals surface area contributed by atoms with Crippen LogP contribution in [0.1, 0.15) is 16.8 Å². The molecule has 1 N–H and O–H groups in total. The highest BCUT2D eigenvalue weighted by Gasteiger charge is 2.23. The van der Waals surface area contributed by atoms with E-state index in [1.54, 1.807) is 0 Å². The maximum atomic E-state index is 13.5. The van der Waals surface area contributed by atoms with Crippen molar-refractivity contribution in [3.8, 4) is 0 Å². The Balaban J connectivity index is 2.24. The van der Waals surface area contributed by atoms with Crippen molar-refractivity contribution in [2.24, 2.45) is 0 Å². The Bertz CT molecular complexity index is 491. The molecule has 4 nitrogen and oxygen atoms in total. The number of hydrogen-bond acceptors (Lipinski definition) is 2. The number of rotatable bonds is 1. The van der Waals surface area contributed by atoms with Gasteiger partial charge in [-0.1, -0.05) is 0 Å². The first-order valence-corrected chi connectivity index (χ1v) is 5.59. The van der Waals surface area contributed by atoms with Gasteiger partial charge in [-0.15, -0.1) is 0 Å². The van der Waals surface area contributed by atoms with Crippen LogP contribution >= 0.6 is 0 Å². The molecular formula is C12H12F2N2O2. The van der Waals surface area contributed by atoms with Crippen LogP contribution < -0.4 is 5.32 Å². The largest absolute Gasteiger partial charge is 0.354 e. The summed E-state index contributed by atoms with van der Waals surface area (Å²) in [7, 11) is 0. The average Bonchev–Trinajstić information content (AvgIpc) is 2.56. The van der Waals surface area contributed by atoms with Crippen molar-refractivity contribution in [3.05, 3.63) is 35.4 Å². The average molecular weight is 254 g/mol. The maximum absolute atomic E-state index is 13.5. The zero-order valence-electron chi connectivity index (χ0n) is 9.58. The molecule has 0 aromatic heterocycles. The van der Waals surface area contributed by atoms with Crippen LogP contribution in [0, 0.1) is 11.6 Å². The lowest BCUT2D eigenvalue weighted by molar-refractivity contribution is -0.121. The van der Waals surface area contributed by atoms with Crippen molar-refractivity contribution in [2.45, 2.75) is 6.42 Å². The lowest BCUT2D eigenvalue weighted by Crippen LogP contribution is -2.37. The molecule has 1 aliphatic heterocycles. The van der Waals surface area contributed by atoms with E-state index in [4.69, 9.17) is 0 Å². The van der Waals surface area contributed by atoms with Gasteiger partial charge in [0.15, 0.2) is 0 Å². The zero-order chi connectivity index (χ0) is 13.1. The predicted octanol–water partition coefficient (Wildman–Crippen LogP) is 0.927. The zero-order valence-corrected chi connectivity index (χ0v) is 9.58.